The quantitative estimate of drug-likeness (QED) is 0.838. The molecule has 0 saturated heterocycles. The van der Waals surface area contributed by atoms with Crippen molar-refractivity contribution in [1.29, 1.82) is 0 Å². The fourth-order valence-corrected chi connectivity index (χ4v) is 2.54. The molecule has 0 saturated carbocycles. The first-order valence-corrected chi connectivity index (χ1v) is 6.11. The summed E-state index contributed by atoms with van der Waals surface area (Å²) < 4.78 is 9.68. The van der Waals surface area contributed by atoms with Gasteiger partial charge in [0.1, 0.15) is 0 Å². The largest absolute Gasteiger partial charge is 0.465 e. The van der Waals surface area contributed by atoms with E-state index in [9.17, 15) is 4.79 Å². The Balaban J connectivity index is 2.84. The van der Waals surface area contributed by atoms with Gasteiger partial charge in [-0.05, 0) is 13.8 Å². The Kier molecular flexibility index (Phi) is 4.73. The van der Waals surface area contributed by atoms with Crippen LogP contribution in [-0.4, -0.2) is 37.3 Å². The lowest BCUT2D eigenvalue weighted by Gasteiger charge is -2.24. The van der Waals surface area contributed by atoms with Crippen LogP contribution in [-0.2, 0) is 9.47 Å². The Morgan fingerprint density at radius 3 is 2.71 bits per heavy atom. The van der Waals surface area contributed by atoms with Crippen LogP contribution in [0.4, 0.5) is 5.13 Å². The van der Waals surface area contributed by atoms with E-state index < -0.39 is 5.97 Å². The molecule has 0 amide bonds. The van der Waals surface area contributed by atoms with Crippen LogP contribution in [0, 0.1) is 0 Å². The molecule has 0 fully saturated rings. The molecule has 0 aliphatic heterocycles. The number of anilines is 1. The number of carbonyl (C=O) groups is 1. The molecule has 0 aliphatic rings. The van der Waals surface area contributed by atoms with E-state index in [-0.39, 0.29) is 10.7 Å². The van der Waals surface area contributed by atoms with E-state index in [2.05, 4.69) is 15.0 Å². The molecule has 1 heterocycles. The number of hydrogen-bond donors (Lipinski definition) is 1. The molecule has 5 nitrogen and oxygen atoms in total. The molecule has 0 radical (unpaired) electrons. The summed E-state index contributed by atoms with van der Waals surface area (Å²) in [6, 6.07) is 0. The summed E-state index contributed by atoms with van der Waals surface area (Å²) in [5.41, 5.74) is -0.288. The minimum absolute atomic E-state index is 0.151. The molecule has 1 N–H and O–H groups in total. The number of aromatic nitrogens is 1. The lowest BCUT2D eigenvalue weighted by Crippen LogP contribution is -2.35. The fourth-order valence-electron chi connectivity index (χ4n) is 1.26. The van der Waals surface area contributed by atoms with Gasteiger partial charge in [-0.1, -0.05) is 22.9 Å². The third-order valence-corrected chi connectivity index (χ3v) is 3.24. The SMILES string of the molecule is COCC(C)(C)Nc1nc(Cl)c(C(=O)OC)s1. The number of hydrogen-bond acceptors (Lipinski definition) is 6. The molecule has 0 aliphatic carbocycles. The van der Waals surface area contributed by atoms with Crippen LogP contribution in [0.2, 0.25) is 5.15 Å². The molecule has 96 valence electrons. The highest BCUT2D eigenvalue weighted by molar-refractivity contribution is 7.18. The molecular weight excluding hydrogens is 264 g/mol. The molecule has 1 aromatic heterocycles. The molecule has 1 rings (SSSR count). The lowest BCUT2D eigenvalue weighted by atomic mass is 10.1. The van der Waals surface area contributed by atoms with Crippen LogP contribution >= 0.6 is 22.9 Å². The van der Waals surface area contributed by atoms with E-state index >= 15 is 0 Å². The summed E-state index contributed by atoms with van der Waals surface area (Å²) in [5.74, 6) is -0.481. The predicted octanol–water partition coefficient (Wildman–Crippen LogP) is 2.42. The summed E-state index contributed by atoms with van der Waals surface area (Å²) in [4.78, 5) is 15.7. The molecule has 0 spiro atoms. The van der Waals surface area contributed by atoms with Gasteiger partial charge in [-0.3, -0.25) is 0 Å². The van der Waals surface area contributed by atoms with Gasteiger partial charge in [0.05, 0.1) is 19.3 Å². The molecule has 17 heavy (non-hydrogen) atoms. The zero-order valence-corrected chi connectivity index (χ0v) is 11.7. The maximum Gasteiger partial charge on any atom is 0.351 e. The Morgan fingerprint density at radius 2 is 2.18 bits per heavy atom. The molecule has 0 bridgehead atoms. The molecule has 1 aromatic rings. The molecule has 0 aromatic carbocycles. The summed E-state index contributed by atoms with van der Waals surface area (Å²) in [7, 11) is 2.93. The summed E-state index contributed by atoms with van der Waals surface area (Å²) in [5, 5.41) is 3.87. The Hall–Kier alpha value is -0.850. The summed E-state index contributed by atoms with van der Waals surface area (Å²) >= 11 is 7.01. The standard InChI is InChI=1S/C10H15ClN2O3S/c1-10(2,5-15-3)13-9-12-7(11)6(17-9)8(14)16-4/h5H2,1-4H3,(H,12,13). The topological polar surface area (TPSA) is 60.5 Å². The van der Waals surface area contributed by atoms with Gasteiger partial charge in [-0.2, -0.15) is 0 Å². The maximum absolute atomic E-state index is 11.4. The number of nitrogens with zero attached hydrogens (tertiary/aromatic N) is 1. The lowest BCUT2D eigenvalue weighted by molar-refractivity contribution is 0.0606. The van der Waals surface area contributed by atoms with Crippen molar-refractivity contribution < 1.29 is 14.3 Å². The second-order valence-electron chi connectivity index (χ2n) is 4.07. The van der Waals surface area contributed by atoms with Gasteiger partial charge in [0.2, 0.25) is 0 Å². The second kappa shape index (κ2) is 5.66. The van der Waals surface area contributed by atoms with Crippen molar-refractivity contribution in [2.24, 2.45) is 0 Å². The van der Waals surface area contributed by atoms with Crippen molar-refractivity contribution in [2.45, 2.75) is 19.4 Å². The highest BCUT2D eigenvalue weighted by Gasteiger charge is 2.22. The second-order valence-corrected chi connectivity index (χ2v) is 5.43. The number of rotatable bonds is 5. The van der Waals surface area contributed by atoms with Crippen LogP contribution < -0.4 is 5.32 Å². The van der Waals surface area contributed by atoms with Crippen molar-refractivity contribution in [3.63, 3.8) is 0 Å². The Morgan fingerprint density at radius 1 is 1.53 bits per heavy atom. The van der Waals surface area contributed by atoms with Crippen LogP contribution in [0.1, 0.15) is 23.5 Å². The zero-order chi connectivity index (χ0) is 13.1. The van der Waals surface area contributed by atoms with Crippen LogP contribution in [0.5, 0.6) is 0 Å². The Labute approximate surface area is 109 Å². The third kappa shape index (κ3) is 3.83. The number of methoxy groups -OCH3 is 2. The van der Waals surface area contributed by atoms with E-state index in [4.69, 9.17) is 16.3 Å². The first kappa shape index (κ1) is 14.2. The number of thiazole rings is 1. The van der Waals surface area contributed by atoms with E-state index in [1.165, 1.54) is 7.11 Å². The van der Waals surface area contributed by atoms with Gasteiger partial charge in [0.15, 0.2) is 15.2 Å². The molecule has 7 heteroatoms. The minimum atomic E-state index is -0.481. The molecule has 0 unspecified atom stereocenters. The highest BCUT2D eigenvalue weighted by atomic mass is 35.5. The van der Waals surface area contributed by atoms with Crippen LogP contribution in [0.3, 0.4) is 0 Å². The van der Waals surface area contributed by atoms with Gasteiger partial charge in [-0.25, -0.2) is 9.78 Å². The third-order valence-electron chi connectivity index (χ3n) is 1.91. The number of ether oxygens (including phenoxy) is 2. The highest BCUT2D eigenvalue weighted by Crippen LogP contribution is 2.29. The first-order chi connectivity index (χ1) is 7.89. The van der Waals surface area contributed by atoms with Crippen molar-refractivity contribution in [3.05, 3.63) is 10.0 Å². The monoisotopic (exact) mass is 278 g/mol. The zero-order valence-electron chi connectivity index (χ0n) is 10.2. The first-order valence-electron chi connectivity index (χ1n) is 4.91. The number of halogens is 1. The minimum Gasteiger partial charge on any atom is -0.465 e. The number of carbonyl (C=O) groups excluding carboxylic acids is 1. The van der Waals surface area contributed by atoms with Crippen LogP contribution in [0.25, 0.3) is 0 Å². The van der Waals surface area contributed by atoms with Crippen molar-refractivity contribution in [1.82, 2.24) is 4.98 Å². The van der Waals surface area contributed by atoms with Crippen LogP contribution in [0.15, 0.2) is 0 Å². The average molecular weight is 279 g/mol. The van der Waals surface area contributed by atoms with Crippen molar-refractivity contribution >= 4 is 34.0 Å². The number of esters is 1. The summed E-state index contributed by atoms with van der Waals surface area (Å²) in [6.45, 7) is 4.44. The van der Waals surface area contributed by atoms with Gasteiger partial charge in [-0.15, -0.1) is 0 Å². The van der Waals surface area contributed by atoms with Crippen molar-refractivity contribution in [3.8, 4) is 0 Å². The normalized spacial score (nSPS) is 11.4. The maximum atomic E-state index is 11.4. The summed E-state index contributed by atoms with van der Waals surface area (Å²) in [6.07, 6.45) is 0. The van der Waals surface area contributed by atoms with Gasteiger partial charge < -0.3 is 14.8 Å². The van der Waals surface area contributed by atoms with E-state index in [1.54, 1.807) is 7.11 Å². The average Bonchev–Trinajstić information content (AvgIpc) is 2.57. The number of nitrogens with one attached hydrogen (secondary N) is 1. The smallest absolute Gasteiger partial charge is 0.351 e. The molecular formula is C10H15ClN2O3S. The van der Waals surface area contributed by atoms with E-state index in [0.29, 0.717) is 16.6 Å². The van der Waals surface area contributed by atoms with E-state index in [1.807, 2.05) is 13.8 Å². The van der Waals surface area contributed by atoms with Gasteiger partial charge >= 0.3 is 5.97 Å². The molecule has 0 atom stereocenters. The van der Waals surface area contributed by atoms with Gasteiger partial charge in [0, 0.05) is 7.11 Å². The fraction of sp³-hybridized carbons (Fsp3) is 0.600. The van der Waals surface area contributed by atoms with Crippen molar-refractivity contribution in [2.75, 3.05) is 26.1 Å². The predicted molar refractivity (Wildman–Crippen MR) is 68.0 cm³/mol. The van der Waals surface area contributed by atoms with E-state index in [0.717, 1.165) is 11.3 Å². The van der Waals surface area contributed by atoms with Gasteiger partial charge in [0.25, 0.3) is 0 Å². The Bertz CT molecular complexity index is 406.